The molecule has 0 atom stereocenters. The zero-order valence-corrected chi connectivity index (χ0v) is 18.6. The lowest BCUT2D eigenvalue weighted by molar-refractivity contribution is 0.165. The van der Waals surface area contributed by atoms with Crippen molar-refractivity contribution in [3.05, 3.63) is 93.2 Å². The molecule has 1 heterocycles. The monoisotopic (exact) mass is 430 g/mol. The molecule has 0 unspecified atom stereocenters. The molecule has 3 aromatic rings. The topological polar surface area (TPSA) is 17.4 Å². The lowest BCUT2D eigenvalue weighted by Crippen LogP contribution is -2.26. The summed E-state index contributed by atoms with van der Waals surface area (Å²) in [4.78, 5) is 2.41. The van der Waals surface area contributed by atoms with Crippen LogP contribution in [-0.2, 0) is 24.4 Å². The Morgan fingerprint density at radius 1 is 1.00 bits per heavy atom. The molecule has 0 aliphatic carbocycles. The molecule has 0 spiro atoms. The first-order valence-corrected chi connectivity index (χ1v) is 10.7. The molecular weight excluding hydrogens is 403 g/mol. The molecule has 0 bridgehead atoms. The largest absolute Gasteiger partial charge is 0.385 e. The minimum Gasteiger partial charge on any atom is -0.385 e. The van der Waals surface area contributed by atoms with Crippen LogP contribution < -0.4 is 0 Å². The van der Waals surface area contributed by atoms with Gasteiger partial charge in [-0.05, 0) is 48.7 Å². The summed E-state index contributed by atoms with van der Waals surface area (Å²) in [6.45, 7) is 6.31. The minimum atomic E-state index is 0.664. The fourth-order valence-corrected chi connectivity index (χ4v) is 3.99. The number of halogens is 2. The standard InChI is InChI=1S/C24H28Cl2N2O/c1-19-6-3-7-20(14-19)16-28-12-4-8-23(28)18-27(11-5-13-29-2)17-21-9-10-22(25)15-24(21)26/h3-4,6-10,12,14-15H,5,11,13,16-18H2,1-2H3. The van der Waals surface area contributed by atoms with Crippen LogP contribution in [0.4, 0.5) is 0 Å². The number of methoxy groups -OCH3 is 1. The van der Waals surface area contributed by atoms with E-state index in [-0.39, 0.29) is 0 Å². The fourth-order valence-electron chi connectivity index (χ4n) is 3.52. The molecule has 154 valence electrons. The zero-order chi connectivity index (χ0) is 20.6. The summed E-state index contributed by atoms with van der Waals surface area (Å²) in [5, 5.41) is 1.38. The van der Waals surface area contributed by atoms with Gasteiger partial charge in [0, 0.05) is 61.8 Å². The second-order valence-corrected chi connectivity index (χ2v) is 8.25. The summed E-state index contributed by atoms with van der Waals surface area (Å²) in [6, 6.07) is 18.7. The van der Waals surface area contributed by atoms with E-state index in [9.17, 15) is 0 Å². The quantitative estimate of drug-likeness (QED) is 0.356. The molecule has 0 aliphatic heterocycles. The van der Waals surface area contributed by atoms with Crippen LogP contribution in [0.25, 0.3) is 0 Å². The Bertz CT molecular complexity index is 923. The van der Waals surface area contributed by atoms with Crippen molar-refractivity contribution in [3.63, 3.8) is 0 Å². The van der Waals surface area contributed by atoms with Crippen molar-refractivity contribution >= 4 is 23.2 Å². The second kappa shape index (κ2) is 10.8. The number of ether oxygens (including phenoxy) is 1. The second-order valence-electron chi connectivity index (χ2n) is 7.41. The lowest BCUT2D eigenvalue weighted by Gasteiger charge is -2.24. The van der Waals surface area contributed by atoms with Crippen molar-refractivity contribution in [3.8, 4) is 0 Å². The van der Waals surface area contributed by atoms with E-state index < -0.39 is 0 Å². The molecule has 0 radical (unpaired) electrons. The third-order valence-corrected chi connectivity index (χ3v) is 5.56. The summed E-state index contributed by atoms with van der Waals surface area (Å²) in [5.74, 6) is 0. The van der Waals surface area contributed by atoms with Gasteiger partial charge < -0.3 is 9.30 Å². The van der Waals surface area contributed by atoms with Crippen LogP contribution in [0, 0.1) is 6.92 Å². The normalized spacial score (nSPS) is 11.3. The number of benzene rings is 2. The number of hydrogen-bond donors (Lipinski definition) is 0. The lowest BCUT2D eigenvalue weighted by atomic mass is 10.1. The molecule has 0 saturated carbocycles. The predicted octanol–water partition coefficient (Wildman–Crippen LogP) is 6.19. The molecule has 3 rings (SSSR count). The summed E-state index contributed by atoms with van der Waals surface area (Å²) >= 11 is 12.5. The van der Waals surface area contributed by atoms with Gasteiger partial charge in [-0.15, -0.1) is 0 Å². The summed E-state index contributed by atoms with van der Waals surface area (Å²) in [6.07, 6.45) is 3.13. The molecule has 29 heavy (non-hydrogen) atoms. The average molecular weight is 431 g/mol. The Kier molecular flexibility index (Phi) is 8.19. The Hall–Kier alpha value is -1.78. The van der Waals surface area contributed by atoms with E-state index >= 15 is 0 Å². The van der Waals surface area contributed by atoms with Gasteiger partial charge >= 0.3 is 0 Å². The summed E-state index contributed by atoms with van der Waals surface area (Å²) in [7, 11) is 1.74. The van der Waals surface area contributed by atoms with Gasteiger partial charge in [-0.25, -0.2) is 0 Å². The molecule has 0 amide bonds. The Balaban J connectivity index is 1.74. The van der Waals surface area contributed by atoms with Crippen molar-refractivity contribution in [2.24, 2.45) is 0 Å². The van der Waals surface area contributed by atoms with Crippen molar-refractivity contribution in [2.75, 3.05) is 20.3 Å². The highest BCUT2D eigenvalue weighted by molar-refractivity contribution is 6.35. The Morgan fingerprint density at radius 2 is 1.86 bits per heavy atom. The molecule has 5 heteroatoms. The molecule has 0 N–H and O–H groups in total. The van der Waals surface area contributed by atoms with Gasteiger partial charge in [0.1, 0.15) is 0 Å². The van der Waals surface area contributed by atoms with E-state index in [1.54, 1.807) is 7.11 Å². The highest BCUT2D eigenvalue weighted by Gasteiger charge is 2.12. The van der Waals surface area contributed by atoms with Crippen LogP contribution in [0.3, 0.4) is 0 Å². The molecular formula is C24H28Cl2N2O. The van der Waals surface area contributed by atoms with Gasteiger partial charge in [0.15, 0.2) is 0 Å². The molecule has 0 fully saturated rings. The van der Waals surface area contributed by atoms with Crippen LogP contribution >= 0.6 is 23.2 Å². The average Bonchev–Trinajstić information content (AvgIpc) is 3.10. The predicted molar refractivity (Wildman–Crippen MR) is 122 cm³/mol. The smallest absolute Gasteiger partial charge is 0.0474 e. The summed E-state index contributed by atoms with van der Waals surface area (Å²) in [5.41, 5.74) is 4.98. The zero-order valence-electron chi connectivity index (χ0n) is 17.1. The number of aromatic nitrogens is 1. The molecule has 0 saturated heterocycles. The van der Waals surface area contributed by atoms with E-state index in [1.165, 1.54) is 16.8 Å². The van der Waals surface area contributed by atoms with E-state index in [2.05, 4.69) is 59.0 Å². The number of aryl methyl sites for hydroxylation is 1. The van der Waals surface area contributed by atoms with Gasteiger partial charge in [-0.3, -0.25) is 4.90 Å². The van der Waals surface area contributed by atoms with E-state index in [0.29, 0.717) is 10.0 Å². The van der Waals surface area contributed by atoms with Crippen molar-refractivity contribution < 1.29 is 4.74 Å². The highest BCUT2D eigenvalue weighted by Crippen LogP contribution is 2.23. The first kappa shape index (κ1) is 21.9. The Labute approximate surface area is 183 Å². The van der Waals surface area contributed by atoms with Crippen molar-refractivity contribution in [2.45, 2.75) is 33.0 Å². The van der Waals surface area contributed by atoms with Crippen molar-refractivity contribution in [1.82, 2.24) is 9.47 Å². The third kappa shape index (κ3) is 6.61. The maximum absolute atomic E-state index is 6.43. The van der Waals surface area contributed by atoms with E-state index in [0.717, 1.165) is 44.8 Å². The maximum atomic E-state index is 6.43. The van der Waals surface area contributed by atoms with Crippen LogP contribution in [0.5, 0.6) is 0 Å². The van der Waals surface area contributed by atoms with Gasteiger partial charge in [0.25, 0.3) is 0 Å². The van der Waals surface area contributed by atoms with Crippen molar-refractivity contribution in [1.29, 1.82) is 0 Å². The SMILES string of the molecule is COCCCN(Cc1ccc(Cl)cc1Cl)Cc1cccn1Cc1cccc(C)c1. The first-order chi connectivity index (χ1) is 14.0. The third-order valence-electron chi connectivity index (χ3n) is 4.98. The molecule has 3 nitrogen and oxygen atoms in total. The Morgan fingerprint density at radius 3 is 2.62 bits per heavy atom. The van der Waals surface area contributed by atoms with Crippen LogP contribution in [0.1, 0.15) is 28.8 Å². The van der Waals surface area contributed by atoms with Crippen LogP contribution in [0.2, 0.25) is 10.0 Å². The highest BCUT2D eigenvalue weighted by atomic mass is 35.5. The van der Waals surface area contributed by atoms with Crippen LogP contribution in [0.15, 0.2) is 60.8 Å². The van der Waals surface area contributed by atoms with E-state index in [4.69, 9.17) is 27.9 Å². The molecule has 2 aromatic carbocycles. The van der Waals surface area contributed by atoms with Gasteiger partial charge in [0.05, 0.1) is 0 Å². The first-order valence-electron chi connectivity index (χ1n) is 9.90. The van der Waals surface area contributed by atoms with Crippen LogP contribution in [-0.4, -0.2) is 29.7 Å². The van der Waals surface area contributed by atoms with Gasteiger partial charge in [-0.1, -0.05) is 59.1 Å². The molecule has 1 aromatic heterocycles. The number of hydrogen-bond acceptors (Lipinski definition) is 2. The molecule has 0 aliphatic rings. The maximum Gasteiger partial charge on any atom is 0.0474 e. The number of nitrogens with zero attached hydrogens (tertiary/aromatic N) is 2. The van der Waals surface area contributed by atoms with E-state index in [1.807, 2.05) is 18.2 Å². The minimum absolute atomic E-state index is 0.664. The fraction of sp³-hybridized carbons (Fsp3) is 0.333. The van der Waals surface area contributed by atoms with Gasteiger partial charge in [-0.2, -0.15) is 0 Å². The van der Waals surface area contributed by atoms with Gasteiger partial charge in [0.2, 0.25) is 0 Å². The number of rotatable bonds is 10. The summed E-state index contributed by atoms with van der Waals surface area (Å²) < 4.78 is 7.58.